The normalized spacial score (nSPS) is 28.2. The fourth-order valence-electron chi connectivity index (χ4n) is 5.18. The lowest BCUT2D eigenvalue weighted by atomic mass is 10.1. The Hall–Kier alpha value is -1.42. The molecule has 3 aliphatic heterocycles. The fraction of sp³-hybridized carbons (Fsp3) is 0.741. The quantitative estimate of drug-likeness (QED) is 0.357. The topological polar surface area (TPSA) is 78.5 Å². The van der Waals surface area contributed by atoms with E-state index in [1.807, 2.05) is 13.8 Å². The SMILES string of the molecule is CCCCCCCO[C@H]1O[C@H](C(CN2CCCC2)OC(=O)Nc2ccc(Cl)cc2)[C@@H]2OC(C)(C)O[C@H]12. The number of unbranched alkanes of at least 4 members (excludes halogenated alkanes) is 4. The van der Waals surface area contributed by atoms with Gasteiger partial charge in [-0.1, -0.05) is 44.2 Å². The second-order valence-electron chi connectivity index (χ2n) is 10.4. The Balaban J connectivity index is 1.42. The first kappa shape index (κ1) is 27.6. The minimum absolute atomic E-state index is 0.371. The third kappa shape index (κ3) is 7.55. The maximum atomic E-state index is 12.9. The van der Waals surface area contributed by atoms with Crippen LogP contribution in [0.1, 0.15) is 65.7 Å². The van der Waals surface area contributed by atoms with E-state index in [2.05, 4.69) is 17.1 Å². The summed E-state index contributed by atoms with van der Waals surface area (Å²) < 4.78 is 30.9. The highest BCUT2D eigenvalue weighted by Gasteiger charge is 2.58. The molecule has 9 heteroatoms. The van der Waals surface area contributed by atoms with Crippen LogP contribution in [0.25, 0.3) is 0 Å². The van der Waals surface area contributed by atoms with Gasteiger partial charge in [0.1, 0.15) is 24.4 Å². The van der Waals surface area contributed by atoms with Crippen LogP contribution in [0.4, 0.5) is 10.5 Å². The Morgan fingerprint density at radius 1 is 1.11 bits per heavy atom. The van der Waals surface area contributed by atoms with Gasteiger partial charge in [-0.15, -0.1) is 0 Å². The summed E-state index contributed by atoms with van der Waals surface area (Å²) in [6, 6.07) is 6.92. The van der Waals surface area contributed by atoms with Gasteiger partial charge in [-0.25, -0.2) is 4.79 Å². The van der Waals surface area contributed by atoms with Gasteiger partial charge < -0.3 is 23.7 Å². The van der Waals surface area contributed by atoms with Crippen LogP contribution in [0.3, 0.4) is 0 Å². The monoisotopic (exact) mass is 524 g/mol. The maximum absolute atomic E-state index is 12.9. The number of carbonyl (C=O) groups excluding carboxylic acids is 1. The second-order valence-corrected chi connectivity index (χ2v) is 10.8. The van der Waals surface area contributed by atoms with Crippen LogP contribution >= 0.6 is 11.6 Å². The first-order valence-electron chi connectivity index (χ1n) is 13.4. The lowest BCUT2D eigenvalue weighted by molar-refractivity contribution is -0.243. The second kappa shape index (κ2) is 12.9. The Labute approximate surface area is 219 Å². The number of rotatable bonds is 12. The van der Waals surface area contributed by atoms with Crippen molar-refractivity contribution in [3.63, 3.8) is 0 Å². The molecule has 4 rings (SSSR count). The molecule has 0 saturated carbocycles. The molecule has 1 N–H and O–H groups in total. The van der Waals surface area contributed by atoms with Crippen LogP contribution in [0.5, 0.6) is 0 Å². The number of anilines is 1. The van der Waals surface area contributed by atoms with Gasteiger partial charge in [-0.2, -0.15) is 0 Å². The predicted molar refractivity (Wildman–Crippen MR) is 138 cm³/mol. The number of nitrogens with one attached hydrogen (secondary N) is 1. The number of nitrogens with zero attached hydrogens (tertiary/aromatic N) is 1. The summed E-state index contributed by atoms with van der Waals surface area (Å²) in [7, 11) is 0. The van der Waals surface area contributed by atoms with Gasteiger partial charge in [-0.05, 0) is 70.5 Å². The van der Waals surface area contributed by atoms with Crippen molar-refractivity contribution < 1.29 is 28.5 Å². The van der Waals surface area contributed by atoms with Gasteiger partial charge in [0.05, 0.1) is 0 Å². The molecule has 0 radical (unpaired) electrons. The van der Waals surface area contributed by atoms with Crippen molar-refractivity contribution in [1.82, 2.24) is 4.90 Å². The molecular weight excluding hydrogens is 484 g/mol. The lowest BCUT2D eigenvalue weighted by Gasteiger charge is -2.31. The molecule has 3 fully saturated rings. The predicted octanol–water partition coefficient (Wildman–Crippen LogP) is 5.58. The molecule has 0 aliphatic carbocycles. The van der Waals surface area contributed by atoms with Crippen LogP contribution in [0, 0.1) is 0 Å². The highest BCUT2D eigenvalue weighted by Crippen LogP contribution is 2.41. The van der Waals surface area contributed by atoms with Gasteiger partial charge >= 0.3 is 6.09 Å². The number of fused-ring (bicyclic) bond motifs is 1. The fourth-order valence-corrected chi connectivity index (χ4v) is 5.30. The molecule has 3 heterocycles. The van der Waals surface area contributed by atoms with E-state index in [1.165, 1.54) is 19.3 Å². The van der Waals surface area contributed by atoms with Gasteiger partial charge in [0.25, 0.3) is 0 Å². The third-order valence-corrected chi connectivity index (χ3v) is 7.18. The van der Waals surface area contributed by atoms with Crippen molar-refractivity contribution in [3.8, 4) is 0 Å². The summed E-state index contributed by atoms with van der Waals surface area (Å²) in [5.74, 6) is -0.760. The molecule has 5 atom stereocenters. The third-order valence-electron chi connectivity index (χ3n) is 6.93. The van der Waals surface area contributed by atoms with Crippen LogP contribution in [0.2, 0.25) is 5.02 Å². The minimum atomic E-state index is -0.760. The number of amides is 1. The molecule has 1 aromatic rings. The number of hydrogen-bond acceptors (Lipinski definition) is 7. The van der Waals surface area contributed by atoms with E-state index in [1.54, 1.807) is 24.3 Å². The average molecular weight is 525 g/mol. The summed E-state index contributed by atoms with van der Waals surface area (Å²) in [4.78, 5) is 15.2. The van der Waals surface area contributed by atoms with Gasteiger partial charge in [0.2, 0.25) is 0 Å². The molecule has 3 aliphatic rings. The van der Waals surface area contributed by atoms with Crippen LogP contribution in [0.15, 0.2) is 24.3 Å². The number of halogens is 1. The Kier molecular flexibility index (Phi) is 9.89. The molecule has 0 bridgehead atoms. The van der Waals surface area contributed by atoms with E-state index in [-0.39, 0.29) is 12.2 Å². The van der Waals surface area contributed by atoms with E-state index in [0.717, 1.165) is 38.8 Å². The minimum Gasteiger partial charge on any atom is -0.442 e. The highest BCUT2D eigenvalue weighted by atomic mass is 35.5. The Morgan fingerprint density at radius 2 is 1.81 bits per heavy atom. The van der Waals surface area contributed by atoms with Gasteiger partial charge in [0, 0.05) is 23.9 Å². The van der Waals surface area contributed by atoms with Crippen molar-refractivity contribution >= 4 is 23.4 Å². The Morgan fingerprint density at radius 3 is 2.53 bits per heavy atom. The number of likely N-dealkylation sites (tertiary alicyclic amines) is 1. The zero-order valence-corrected chi connectivity index (χ0v) is 22.5. The average Bonchev–Trinajstić information content (AvgIpc) is 3.53. The molecular formula is C27H41ClN2O6. The molecule has 1 amide bonds. The summed E-state index contributed by atoms with van der Waals surface area (Å²) in [6.45, 7) is 9.11. The summed E-state index contributed by atoms with van der Waals surface area (Å²) in [5.41, 5.74) is 0.611. The first-order chi connectivity index (χ1) is 17.3. The zero-order valence-electron chi connectivity index (χ0n) is 21.7. The molecule has 36 heavy (non-hydrogen) atoms. The summed E-state index contributed by atoms with van der Waals surface area (Å²) in [6.07, 6.45) is 5.14. The van der Waals surface area contributed by atoms with Crippen molar-refractivity contribution in [2.45, 2.75) is 102 Å². The van der Waals surface area contributed by atoms with Crippen molar-refractivity contribution in [2.75, 3.05) is 31.6 Å². The van der Waals surface area contributed by atoms with Crippen molar-refractivity contribution in [2.24, 2.45) is 0 Å². The molecule has 202 valence electrons. The molecule has 1 aromatic carbocycles. The van der Waals surface area contributed by atoms with E-state index in [0.29, 0.717) is 23.9 Å². The number of hydrogen-bond donors (Lipinski definition) is 1. The lowest BCUT2D eigenvalue weighted by Crippen LogP contribution is -2.47. The van der Waals surface area contributed by atoms with Crippen molar-refractivity contribution in [1.29, 1.82) is 0 Å². The van der Waals surface area contributed by atoms with E-state index in [9.17, 15) is 4.79 Å². The number of carbonyl (C=O) groups is 1. The van der Waals surface area contributed by atoms with Gasteiger partial charge in [0.15, 0.2) is 12.1 Å². The van der Waals surface area contributed by atoms with Crippen LogP contribution in [-0.4, -0.2) is 73.7 Å². The summed E-state index contributed by atoms with van der Waals surface area (Å²) in [5, 5.41) is 3.40. The van der Waals surface area contributed by atoms with Crippen LogP contribution in [-0.2, 0) is 23.7 Å². The van der Waals surface area contributed by atoms with Gasteiger partial charge in [-0.3, -0.25) is 10.2 Å². The molecule has 1 unspecified atom stereocenters. The van der Waals surface area contributed by atoms with E-state index in [4.69, 9.17) is 35.3 Å². The van der Waals surface area contributed by atoms with Crippen molar-refractivity contribution in [3.05, 3.63) is 29.3 Å². The largest absolute Gasteiger partial charge is 0.442 e. The Bertz CT molecular complexity index is 832. The molecule has 8 nitrogen and oxygen atoms in total. The van der Waals surface area contributed by atoms with E-state index >= 15 is 0 Å². The first-order valence-corrected chi connectivity index (χ1v) is 13.8. The number of ether oxygens (including phenoxy) is 5. The molecule has 0 aromatic heterocycles. The molecule has 3 saturated heterocycles. The zero-order chi connectivity index (χ0) is 25.5. The van der Waals surface area contributed by atoms with E-state index < -0.39 is 30.4 Å². The van der Waals surface area contributed by atoms with Crippen LogP contribution < -0.4 is 5.32 Å². The summed E-state index contributed by atoms with van der Waals surface area (Å²) >= 11 is 5.97. The standard InChI is InChI=1S/C27H41ClN2O6/c1-4-5-6-7-10-17-32-25-24-23(35-27(2,3)36-24)22(34-25)21(18-30-15-8-9-16-30)33-26(31)29-20-13-11-19(28)12-14-20/h11-14,21-25H,4-10,15-18H2,1-3H3,(H,29,31)/t21?,22-,23+,24+,25+/m1/s1. The smallest absolute Gasteiger partial charge is 0.412 e. The number of benzene rings is 1. The molecule has 0 spiro atoms. The maximum Gasteiger partial charge on any atom is 0.412 e. The highest BCUT2D eigenvalue weighted by molar-refractivity contribution is 6.30.